The molecule has 2 heteroatoms. The lowest BCUT2D eigenvalue weighted by molar-refractivity contribution is 0.608. The van der Waals surface area contributed by atoms with Crippen LogP contribution in [0.3, 0.4) is 0 Å². The van der Waals surface area contributed by atoms with Gasteiger partial charge in [-0.3, -0.25) is 0 Å². The largest absolute Gasteiger partial charge is 0.229 e. The van der Waals surface area contributed by atoms with Crippen molar-refractivity contribution in [2.75, 3.05) is 0 Å². The van der Waals surface area contributed by atoms with Crippen LogP contribution in [0.2, 0.25) is 0 Å². The summed E-state index contributed by atoms with van der Waals surface area (Å²) in [5.74, 6) is 0.0781. The van der Waals surface area contributed by atoms with Gasteiger partial charge in [0.05, 0.1) is 0 Å². The molecule has 0 saturated heterocycles. The molecule has 0 radical (unpaired) electrons. The topological polar surface area (TPSA) is 12.4 Å². The molecule has 1 aliphatic heterocycles. The Balaban J connectivity index is 2.69. The first-order chi connectivity index (χ1) is 4.70. The molecule has 56 valence electrons. The number of hydrogen-bond acceptors (Lipinski definition) is 1. The first-order valence-electron chi connectivity index (χ1n) is 3.63. The molecule has 0 aromatic carbocycles. The first kappa shape index (κ1) is 7.45. The van der Waals surface area contributed by atoms with E-state index in [-0.39, 0.29) is 5.95 Å². The lowest BCUT2D eigenvalue weighted by atomic mass is 10.0. The van der Waals surface area contributed by atoms with Gasteiger partial charge in [-0.05, 0) is 24.8 Å². The molecule has 1 rings (SSSR count). The Hall–Kier alpha value is -0.660. The molecule has 0 aliphatic carbocycles. The summed E-state index contributed by atoms with van der Waals surface area (Å²) in [6.07, 6.45) is 3.26. The SMILES string of the molecule is CC(C)C1=NC(F)=CCC1. The first-order valence-corrected chi connectivity index (χ1v) is 3.63. The lowest BCUT2D eigenvalue weighted by Gasteiger charge is -2.11. The van der Waals surface area contributed by atoms with Gasteiger partial charge in [-0.25, -0.2) is 4.99 Å². The van der Waals surface area contributed by atoms with Crippen molar-refractivity contribution in [2.45, 2.75) is 26.7 Å². The minimum Gasteiger partial charge on any atom is -0.229 e. The zero-order chi connectivity index (χ0) is 7.56. The molecule has 0 N–H and O–H groups in total. The minimum atomic E-state index is -0.310. The average molecular weight is 141 g/mol. The van der Waals surface area contributed by atoms with E-state index in [2.05, 4.69) is 4.99 Å². The van der Waals surface area contributed by atoms with Gasteiger partial charge in [-0.15, -0.1) is 0 Å². The third kappa shape index (κ3) is 1.66. The van der Waals surface area contributed by atoms with E-state index in [1.54, 1.807) is 0 Å². The van der Waals surface area contributed by atoms with Gasteiger partial charge in [0, 0.05) is 5.71 Å². The van der Waals surface area contributed by atoms with Gasteiger partial charge >= 0.3 is 0 Å². The second-order valence-corrected chi connectivity index (χ2v) is 2.82. The summed E-state index contributed by atoms with van der Waals surface area (Å²) in [7, 11) is 0. The summed E-state index contributed by atoms with van der Waals surface area (Å²) < 4.78 is 12.5. The fraction of sp³-hybridized carbons (Fsp3) is 0.625. The summed E-state index contributed by atoms with van der Waals surface area (Å²) in [6, 6.07) is 0. The van der Waals surface area contributed by atoms with E-state index in [0.29, 0.717) is 5.92 Å². The second kappa shape index (κ2) is 2.95. The highest BCUT2D eigenvalue weighted by molar-refractivity contribution is 5.87. The zero-order valence-electron chi connectivity index (χ0n) is 6.39. The van der Waals surface area contributed by atoms with E-state index in [1.165, 1.54) is 6.08 Å². The van der Waals surface area contributed by atoms with Gasteiger partial charge in [0.1, 0.15) is 0 Å². The van der Waals surface area contributed by atoms with Crippen LogP contribution in [0.4, 0.5) is 4.39 Å². The van der Waals surface area contributed by atoms with Crippen molar-refractivity contribution >= 4 is 5.71 Å². The molecule has 0 saturated carbocycles. The average Bonchev–Trinajstić information content (AvgIpc) is 1.88. The van der Waals surface area contributed by atoms with Crippen molar-refractivity contribution in [3.05, 3.63) is 12.0 Å². The maximum Gasteiger partial charge on any atom is 0.208 e. The van der Waals surface area contributed by atoms with Gasteiger partial charge in [0.25, 0.3) is 0 Å². The molecule has 1 nitrogen and oxygen atoms in total. The number of nitrogens with zero attached hydrogens (tertiary/aromatic N) is 1. The normalized spacial score (nSPS) is 18.8. The Morgan fingerprint density at radius 2 is 2.30 bits per heavy atom. The van der Waals surface area contributed by atoms with Crippen molar-refractivity contribution in [3.8, 4) is 0 Å². The van der Waals surface area contributed by atoms with E-state index in [4.69, 9.17) is 0 Å². The molecule has 0 spiro atoms. The van der Waals surface area contributed by atoms with Gasteiger partial charge in [0.15, 0.2) is 0 Å². The number of allylic oxidation sites excluding steroid dienone is 1. The smallest absolute Gasteiger partial charge is 0.208 e. The molecule has 0 amide bonds. The fourth-order valence-electron chi connectivity index (χ4n) is 0.996. The maximum absolute atomic E-state index is 12.5. The van der Waals surface area contributed by atoms with E-state index >= 15 is 0 Å². The van der Waals surface area contributed by atoms with Crippen molar-refractivity contribution in [1.82, 2.24) is 0 Å². The van der Waals surface area contributed by atoms with Crippen LogP contribution in [0.1, 0.15) is 26.7 Å². The van der Waals surface area contributed by atoms with Crippen LogP contribution in [-0.4, -0.2) is 5.71 Å². The molecule has 0 aromatic heterocycles. The third-order valence-corrected chi connectivity index (χ3v) is 1.63. The van der Waals surface area contributed by atoms with Crippen LogP contribution in [0.5, 0.6) is 0 Å². The highest BCUT2D eigenvalue weighted by Gasteiger charge is 2.09. The monoisotopic (exact) mass is 141 g/mol. The minimum absolute atomic E-state index is 0.310. The van der Waals surface area contributed by atoms with Crippen molar-refractivity contribution in [2.24, 2.45) is 10.9 Å². The van der Waals surface area contributed by atoms with E-state index < -0.39 is 0 Å². The molecule has 1 heterocycles. The zero-order valence-corrected chi connectivity index (χ0v) is 6.39. The summed E-state index contributed by atoms with van der Waals surface area (Å²) in [5, 5.41) is 0. The second-order valence-electron chi connectivity index (χ2n) is 2.82. The van der Waals surface area contributed by atoms with Crippen LogP contribution < -0.4 is 0 Å². The molecule has 0 fully saturated rings. The Morgan fingerprint density at radius 1 is 1.60 bits per heavy atom. The van der Waals surface area contributed by atoms with Gasteiger partial charge in [-0.2, -0.15) is 4.39 Å². The summed E-state index contributed by atoms with van der Waals surface area (Å²) in [6.45, 7) is 4.08. The number of halogens is 1. The quantitative estimate of drug-likeness (QED) is 0.498. The summed E-state index contributed by atoms with van der Waals surface area (Å²) in [4.78, 5) is 3.79. The number of aliphatic imine (C=N–C) groups is 1. The molecule has 1 aliphatic rings. The van der Waals surface area contributed by atoms with E-state index in [1.807, 2.05) is 13.8 Å². The van der Waals surface area contributed by atoms with Crippen molar-refractivity contribution in [3.63, 3.8) is 0 Å². The Morgan fingerprint density at radius 3 is 2.70 bits per heavy atom. The molecule has 0 atom stereocenters. The molecule has 0 bridgehead atoms. The number of hydrogen-bond donors (Lipinski definition) is 0. The molecular weight excluding hydrogens is 129 g/mol. The van der Waals surface area contributed by atoms with E-state index in [0.717, 1.165) is 18.6 Å². The van der Waals surface area contributed by atoms with Crippen molar-refractivity contribution in [1.29, 1.82) is 0 Å². The van der Waals surface area contributed by atoms with Crippen LogP contribution in [-0.2, 0) is 0 Å². The van der Waals surface area contributed by atoms with Gasteiger partial charge in [-0.1, -0.05) is 13.8 Å². The number of rotatable bonds is 1. The highest BCUT2D eigenvalue weighted by atomic mass is 19.1. The van der Waals surface area contributed by atoms with E-state index in [9.17, 15) is 4.39 Å². The van der Waals surface area contributed by atoms with Crippen LogP contribution >= 0.6 is 0 Å². The predicted molar refractivity (Wildman–Crippen MR) is 40.7 cm³/mol. The molecule has 0 aromatic rings. The Kier molecular flexibility index (Phi) is 2.20. The van der Waals surface area contributed by atoms with Gasteiger partial charge < -0.3 is 0 Å². The molecular formula is C8H12FN. The molecule has 0 unspecified atom stereocenters. The van der Waals surface area contributed by atoms with Gasteiger partial charge in [0.2, 0.25) is 5.95 Å². The summed E-state index contributed by atoms with van der Waals surface area (Å²) >= 11 is 0. The lowest BCUT2D eigenvalue weighted by Crippen LogP contribution is -2.09. The Labute approximate surface area is 60.7 Å². The van der Waals surface area contributed by atoms with Crippen LogP contribution in [0, 0.1) is 5.92 Å². The summed E-state index contributed by atoms with van der Waals surface area (Å²) in [5.41, 5.74) is 0.986. The van der Waals surface area contributed by atoms with Crippen LogP contribution in [0.15, 0.2) is 17.0 Å². The fourth-order valence-corrected chi connectivity index (χ4v) is 0.996. The molecule has 10 heavy (non-hydrogen) atoms. The predicted octanol–water partition coefficient (Wildman–Crippen LogP) is 2.69. The van der Waals surface area contributed by atoms with Crippen LogP contribution in [0.25, 0.3) is 0 Å². The third-order valence-electron chi connectivity index (χ3n) is 1.63. The maximum atomic E-state index is 12.5. The highest BCUT2D eigenvalue weighted by Crippen LogP contribution is 2.15. The Bertz CT molecular complexity index is 180. The van der Waals surface area contributed by atoms with Crippen molar-refractivity contribution < 1.29 is 4.39 Å². The standard InChI is InChI=1S/C8H12FN/c1-6(2)7-4-3-5-8(9)10-7/h5-6H,3-4H2,1-2H3.